The van der Waals surface area contributed by atoms with Crippen LogP contribution in [0.15, 0.2) is 36.4 Å². The van der Waals surface area contributed by atoms with Crippen molar-refractivity contribution in [3.8, 4) is 28.5 Å². The van der Waals surface area contributed by atoms with Gasteiger partial charge in [0.15, 0.2) is 11.5 Å². The number of nitrogens with one attached hydrogen (secondary N) is 1. The van der Waals surface area contributed by atoms with E-state index in [-0.39, 0.29) is 24.0 Å². The lowest BCUT2D eigenvalue weighted by molar-refractivity contribution is 0.0732. The molecule has 1 amide bonds. The Balaban J connectivity index is 1.89. The Morgan fingerprint density at radius 3 is 2.68 bits per heavy atom. The third-order valence-corrected chi connectivity index (χ3v) is 5.43. The van der Waals surface area contributed by atoms with Crippen molar-refractivity contribution < 1.29 is 24.9 Å². The number of aromatic nitrogens is 2. The van der Waals surface area contributed by atoms with Gasteiger partial charge in [-0.05, 0) is 50.1 Å². The van der Waals surface area contributed by atoms with Gasteiger partial charge in [-0.25, -0.2) is 0 Å². The number of phenols is 2. The van der Waals surface area contributed by atoms with E-state index in [2.05, 4.69) is 10.2 Å². The average Bonchev–Trinajstić information content (AvgIpc) is 3.29. The van der Waals surface area contributed by atoms with Crippen molar-refractivity contribution in [3.63, 3.8) is 0 Å². The summed E-state index contributed by atoms with van der Waals surface area (Å²) in [5.74, 6) is 0.179. The van der Waals surface area contributed by atoms with Gasteiger partial charge in [-0.15, -0.1) is 0 Å². The van der Waals surface area contributed by atoms with E-state index in [9.17, 15) is 20.1 Å². The zero-order valence-corrected chi connectivity index (χ0v) is 17.4. The topological polar surface area (TPSA) is 119 Å². The minimum atomic E-state index is -0.512. The third-order valence-electron chi connectivity index (χ3n) is 5.43. The molecule has 0 aliphatic carbocycles. The number of carbonyl (C=O) groups is 1. The molecule has 0 saturated heterocycles. The standard InChI is InChI=1S/C23H25N3O5/c1-3-31-18-12-14(6-8-17(18)29)22-19-20(15-11-13(2)5-7-16(15)28)24-25-21(19)23(30)26(22)9-4-10-27/h5-8,11-12,22,27-29H,3-4,9-10H2,1-2H3,(H,24,25). The van der Waals surface area contributed by atoms with E-state index in [1.165, 1.54) is 6.07 Å². The van der Waals surface area contributed by atoms with Crippen LogP contribution in [-0.4, -0.2) is 56.1 Å². The molecule has 1 aromatic heterocycles. The summed E-state index contributed by atoms with van der Waals surface area (Å²) in [4.78, 5) is 14.9. The number of ether oxygens (including phenoxy) is 1. The Kier molecular flexibility index (Phi) is 5.56. The summed E-state index contributed by atoms with van der Waals surface area (Å²) in [6.07, 6.45) is 0.418. The maximum Gasteiger partial charge on any atom is 0.273 e. The number of carbonyl (C=O) groups excluding carboxylic acids is 1. The number of amides is 1. The molecular weight excluding hydrogens is 398 g/mol. The lowest BCUT2D eigenvalue weighted by Gasteiger charge is -2.26. The molecule has 162 valence electrons. The number of phenolic OH excluding ortho intramolecular Hbond substituents is 2. The summed E-state index contributed by atoms with van der Waals surface area (Å²) in [5.41, 5.74) is 3.71. The van der Waals surface area contributed by atoms with Gasteiger partial charge in [0.25, 0.3) is 5.91 Å². The fourth-order valence-electron chi connectivity index (χ4n) is 4.03. The van der Waals surface area contributed by atoms with Crippen LogP contribution < -0.4 is 4.74 Å². The summed E-state index contributed by atoms with van der Waals surface area (Å²) in [5, 5.41) is 37.2. The molecule has 0 spiro atoms. The van der Waals surface area contributed by atoms with Gasteiger partial charge >= 0.3 is 0 Å². The maximum atomic E-state index is 13.2. The molecule has 8 nitrogen and oxygen atoms in total. The van der Waals surface area contributed by atoms with Gasteiger partial charge in [-0.1, -0.05) is 17.7 Å². The van der Waals surface area contributed by atoms with Crippen LogP contribution in [0.3, 0.4) is 0 Å². The molecule has 31 heavy (non-hydrogen) atoms. The van der Waals surface area contributed by atoms with Gasteiger partial charge in [0.1, 0.15) is 17.1 Å². The van der Waals surface area contributed by atoms with Crippen molar-refractivity contribution in [2.45, 2.75) is 26.3 Å². The van der Waals surface area contributed by atoms with Crippen LogP contribution in [0, 0.1) is 6.92 Å². The first kappa shape index (κ1) is 20.7. The molecule has 4 N–H and O–H groups in total. The number of hydrogen-bond donors (Lipinski definition) is 4. The fourth-order valence-corrected chi connectivity index (χ4v) is 4.03. The number of aromatic hydroxyl groups is 2. The van der Waals surface area contributed by atoms with Crippen molar-refractivity contribution in [2.24, 2.45) is 0 Å². The van der Waals surface area contributed by atoms with E-state index in [4.69, 9.17) is 4.74 Å². The number of hydrogen-bond acceptors (Lipinski definition) is 6. The maximum absolute atomic E-state index is 13.2. The summed E-state index contributed by atoms with van der Waals surface area (Å²) in [6, 6.07) is 9.71. The van der Waals surface area contributed by atoms with E-state index < -0.39 is 6.04 Å². The molecule has 1 atom stereocenters. The predicted octanol–water partition coefficient (Wildman–Crippen LogP) is 3.12. The smallest absolute Gasteiger partial charge is 0.273 e. The zero-order chi connectivity index (χ0) is 22.1. The second kappa shape index (κ2) is 8.31. The molecule has 0 saturated carbocycles. The number of aromatic amines is 1. The van der Waals surface area contributed by atoms with Gasteiger partial charge in [0.2, 0.25) is 0 Å². The molecule has 0 bridgehead atoms. The van der Waals surface area contributed by atoms with Gasteiger partial charge in [0.05, 0.1) is 12.6 Å². The van der Waals surface area contributed by atoms with Crippen molar-refractivity contribution in [3.05, 3.63) is 58.8 Å². The number of benzene rings is 2. The summed E-state index contributed by atoms with van der Waals surface area (Å²) >= 11 is 0. The number of H-pyrrole nitrogens is 1. The molecule has 2 heterocycles. The summed E-state index contributed by atoms with van der Waals surface area (Å²) in [7, 11) is 0. The van der Waals surface area contributed by atoms with Crippen molar-refractivity contribution in [1.82, 2.24) is 15.1 Å². The van der Waals surface area contributed by atoms with Crippen LogP contribution in [0.1, 0.15) is 46.6 Å². The lowest BCUT2D eigenvalue weighted by Crippen LogP contribution is -2.31. The molecule has 0 fully saturated rings. The first-order valence-corrected chi connectivity index (χ1v) is 10.2. The SMILES string of the molecule is CCOc1cc(C2c3c(-c4cc(C)ccc4O)n[nH]c3C(=O)N2CCCO)ccc1O. The molecule has 1 aliphatic heterocycles. The number of aliphatic hydroxyl groups is 1. The largest absolute Gasteiger partial charge is 0.507 e. The Morgan fingerprint density at radius 2 is 1.94 bits per heavy atom. The number of aliphatic hydroxyl groups excluding tert-OH is 1. The molecule has 3 aromatic rings. The fraction of sp³-hybridized carbons (Fsp3) is 0.304. The Labute approximate surface area is 179 Å². The minimum absolute atomic E-state index is 0.0146. The lowest BCUT2D eigenvalue weighted by atomic mass is 9.94. The average molecular weight is 423 g/mol. The normalized spacial score (nSPS) is 15.4. The van der Waals surface area contributed by atoms with Crippen molar-refractivity contribution in [1.29, 1.82) is 0 Å². The molecular formula is C23H25N3O5. The first-order valence-electron chi connectivity index (χ1n) is 10.2. The summed E-state index contributed by atoms with van der Waals surface area (Å²) in [6.45, 7) is 4.42. The minimum Gasteiger partial charge on any atom is -0.507 e. The summed E-state index contributed by atoms with van der Waals surface area (Å²) < 4.78 is 5.54. The number of aryl methyl sites for hydroxylation is 1. The highest BCUT2D eigenvalue weighted by molar-refractivity contribution is 6.00. The van der Waals surface area contributed by atoms with E-state index >= 15 is 0 Å². The van der Waals surface area contributed by atoms with Crippen LogP contribution in [0.5, 0.6) is 17.2 Å². The molecule has 2 aromatic carbocycles. The highest BCUT2D eigenvalue weighted by atomic mass is 16.5. The zero-order valence-electron chi connectivity index (χ0n) is 17.4. The van der Waals surface area contributed by atoms with Gasteiger partial charge in [-0.3, -0.25) is 9.89 Å². The van der Waals surface area contributed by atoms with Gasteiger partial charge < -0.3 is 25.0 Å². The molecule has 8 heteroatoms. The molecule has 1 aliphatic rings. The van der Waals surface area contributed by atoms with Gasteiger partial charge in [-0.2, -0.15) is 5.10 Å². The monoisotopic (exact) mass is 423 g/mol. The van der Waals surface area contributed by atoms with Crippen molar-refractivity contribution >= 4 is 5.91 Å². The highest BCUT2D eigenvalue weighted by Gasteiger charge is 2.42. The first-order chi connectivity index (χ1) is 15.0. The Bertz CT molecular complexity index is 1120. The van der Waals surface area contributed by atoms with Crippen LogP contribution in [-0.2, 0) is 0 Å². The molecule has 1 unspecified atom stereocenters. The molecule has 4 rings (SSSR count). The molecule has 0 radical (unpaired) electrons. The Morgan fingerprint density at radius 1 is 1.16 bits per heavy atom. The van der Waals surface area contributed by atoms with E-state index in [1.807, 2.05) is 19.9 Å². The number of nitrogens with zero attached hydrogens (tertiary/aromatic N) is 2. The highest BCUT2D eigenvalue weighted by Crippen LogP contribution is 2.45. The van der Waals surface area contributed by atoms with E-state index in [1.54, 1.807) is 29.2 Å². The van der Waals surface area contributed by atoms with Crippen LogP contribution in [0.4, 0.5) is 0 Å². The second-order valence-electron chi connectivity index (χ2n) is 7.52. The van der Waals surface area contributed by atoms with Crippen molar-refractivity contribution in [2.75, 3.05) is 19.8 Å². The second-order valence-corrected chi connectivity index (χ2v) is 7.52. The number of rotatable bonds is 7. The van der Waals surface area contributed by atoms with Crippen LogP contribution in [0.2, 0.25) is 0 Å². The van der Waals surface area contributed by atoms with Gasteiger partial charge in [0, 0.05) is 24.3 Å². The third kappa shape index (κ3) is 3.59. The van der Waals surface area contributed by atoms with Crippen LogP contribution >= 0.6 is 0 Å². The van der Waals surface area contributed by atoms with E-state index in [0.29, 0.717) is 47.8 Å². The van der Waals surface area contributed by atoms with Crippen LogP contribution in [0.25, 0.3) is 11.3 Å². The quantitative estimate of drug-likeness (QED) is 0.464. The van der Waals surface area contributed by atoms with E-state index in [0.717, 1.165) is 11.1 Å². The Hall–Kier alpha value is -3.52. The number of fused-ring (bicyclic) bond motifs is 1. The predicted molar refractivity (Wildman–Crippen MR) is 114 cm³/mol.